The monoisotopic (exact) mass is 276 g/mol. The van der Waals surface area contributed by atoms with Crippen LogP contribution in [0.2, 0.25) is 0 Å². The van der Waals surface area contributed by atoms with Gasteiger partial charge in [-0.1, -0.05) is 18.2 Å². The summed E-state index contributed by atoms with van der Waals surface area (Å²) in [6.07, 6.45) is 1.63. The fraction of sp³-hybridized carbons (Fsp3) is 0.333. The van der Waals surface area contributed by atoms with Gasteiger partial charge in [0.1, 0.15) is 0 Å². The van der Waals surface area contributed by atoms with Crippen LogP contribution in [0.15, 0.2) is 36.9 Å². The van der Waals surface area contributed by atoms with Crippen molar-refractivity contribution in [1.82, 2.24) is 4.90 Å². The molecule has 0 saturated heterocycles. The predicted molar refractivity (Wildman–Crippen MR) is 79.1 cm³/mol. The lowest BCUT2D eigenvalue weighted by Gasteiger charge is -2.34. The van der Waals surface area contributed by atoms with Gasteiger partial charge in [0.25, 0.3) is 0 Å². The second-order valence-corrected chi connectivity index (χ2v) is 5.35. The molecule has 0 saturated carbocycles. The number of benzene rings is 1. The molecule has 0 spiro atoms. The number of aromatic carboxylic acids is 1. The summed E-state index contributed by atoms with van der Waals surface area (Å²) in [5.74, 6) is -1.08. The highest BCUT2D eigenvalue weighted by Crippen LogP contribution is 2.19. The fourth-order valence-electron chi connectivity index (χ4n) is 1.75. The Hall–Kier alpha value is -2.30. The van der Waals surface area contributed by atoms with Crippen molar-refractivity contribution in [3.63, 3.8) is 0 Å². The van der Waals surface area contributed by atoms with Gasteiger partial charge in [-0.15, -0.1) is 6.58 Å². The van der Waals surface area contributed by atoms with Gasteiger partial charge in [-0.05, 0) is 32.9 Å². The molecule has 0 heterocycles. The molecular weight excluding hydrogens is 256 g/mol. The number of amides is 2. The van der Waals surface area contributed by atoms with E-state index in [1.807, 2.05) is 20.8 Å². The van der Waals surface area contributed by atoms with E-state index in [1.165, 1.54) is 6.07 Å². The van der Waals surface area contributed by atoms with Gasteiger partial charge in [-0.2, -0.15) is 0 Å². The lowest BCUT2D eigenvalue weighted by atomic mass is 10.1. The molecule has 0 aliphatic rings. The average molecular weight is 276 g/mol. The SMILES string of the molecule is C=CCN(C(=O)Nc1ccccc1C(=O)O)C(C)(C)C. The first kappa shape index (κ1) is 15.8. The van der Waals surface area contributed by atoms with Gasteiger partial charge in [-0.25, -0.2) is 9.59 Å². The maximum absolute atomic E-state index is 12.3. The van der Waals surface area contributed by atoms with E-state index < -0.39 is 11.5 Å². The normalized spacial score (nSPS) is 10.8. The summed E-state index contributed by atoms with van der Waals surface area (Å²) in [6, 6.07) is 5.95. The van der Waals surface area contributed by atoms with E-state index in [-0.39, 0.29) is 17.3 Å². The van der Waals surface area contributed by atoms with Crippen LogP contribution < -0.4 is 5.32 Å². The number of rotatable bonds is 4. The molecule has 0 aliphatic heterocycles. The molecule has 0 bridgehead atoms. The van der Waals surface area contributed by atoms with Crippen LogP contribution in [0.4, 0.5) is 10.5 Å². The highest BCUT2D eigenvalue weighted by molar-refractivity contribution is 6.00. The number of anilines is 1. The van der Waals surface area contributed by atoms with Crippen molar-refractivity contribution >= 4 is 17.7 Å². The second kappa shape index (κ2) is 6.23. The second-order valence-electron chi connectivity index (χ2n) is 5.35. The molecule has 0 aliphatic carbocycles. The molecule has 0 radical (unpaired) electrons. The quantitative estimate of drug-likeness (QED) is 0.830. The Bertz CT molecular complexity index is 518. The Morgan fingerprint density at radius 3 is 2.45 bits per heavy atom. The van der Waals surface area contributed by atoms with Crippen LogP contribution in [0.25, 0.3) is 0 Å². The molecule has 0 fully saturated rings. The molecule has 0 atom stereocenters. The summed E-state index contributed by atoms with van der Waals surface area (Å²) in [6.45, 7) is 9.72. The number of carbonyl (C=O) groups excluding carboxylic acids is 1. The number of carbonyl (C=O) groups is 2. The summed E-state index contributed by atoms with van der Waals surface area (Å²) in [5, 5.41) is 11.7. The Balaban J connectivity index is 3.00. The van der Waals surface area contributed by atoms with Gasteiger partial charge in [0.15, 0.2) is 0 Å². The number of urea groups is 1. The van der Waals surface area contributed by atoms with E-state index in [2.05, 4.69) is 11.9 Å². The van der Waals surface area contributed by atoms with Crippen molar-refractivity contribution in [2.45, 2.75) is 26.3 Å². The minimum atomic E-state index is -1.08. The van der Waals surface area contributed by atoms with E-state index in [1.54, 1.807) is 29.2 Å². The zero-order valence-electron chi connectivity index (χ0n) is 12.0. The number of nitrogens with zero attached hydrogens (tertiary/aromatic N) is 1. The topological polar surface area (TPSA) is 69.6 Å². The maximum atomic E-state index is 12.3. The predicted octanol–water partition coefficient (Wildman–Crippen LogP) is 3.20. The Labute approximate surface area is 118 Å². The van der Waals surface area contributed by atoms with Gasteiger partial charge in [-0.3, -0.25) is 0 Å². The molecule has 2 N–H and O–H groups in total. The van der Waals surface area contributed by atoms with Gasteiger partial charge >= 0.3 is 12.0 Å². The van der Waals surface area contributed by atoms with Crippen LogP contribution in [0.5, 0.6) is 0 Å². The zero-order chi connectivity index (χ0) is 15.3. The lowest BCUT2D eigenvalue weighted by Crippen LogP contribution is -2.47. The number of carboxylic acid groups (broad SMARTS) is 1. The summed E-state index contributed by atoms with van der Waals surface area (Å²) in [7, 11) is 0. The minimum Gasteiger partial charge on any atom is -0.478 e. The van der Waals surface area contributed by atoms with Gasteiger partial charge in [0, 0.05) is 12.1 Å². The van der Waals surface area contributed by atoms with E-state index in [0.29, 0.717) is 6.54 Å². The molecule has 1 rings (SSSR count). The van der Waals surface area contributed by atoms with Crippen LogP contribution in [-0.4, -0.2) is 34.1 Å². The molecule has 5 heteroatoms. The van der Waals surface area contributed by atoms with E-state index in [4.69, 9.17) is 5.11 Å². The highest BCUT2D eigenvalue weighted by Gasteiger charge is 2.26. The first-order chi connectivity index (χ1) is 9.27. The van der Waals surface area contributed by atoms with Crippen LogP contribution in [-0.2, 0) is 0 Å². The van der Waals surface area contributed by atoms with E-state index in [0.717, 1.165) is 0 Å². The number of nitrogens with one attached hydrogen (secondary N) is 1. The van der Waals surface area contributed by atoms with Gasteiger partial charge in [0.2, 0.25) is 0 Å². The smallest absolute Gasteiger partial charge is 0.337 e. The number of hydrogen-bond acceptors (Lipinski definition) is 2. The third kappa shape index (κ3) is 3.85. The molecule has 108 valence electrons. The summed E-state index contributed by atoms with van der Waals surface area (Å²) < 4.78 is 0. The number of carboxylic acids is 1. The van der Waals surface area contributed by atoms with Crippen molar-refractivity contribution in [1.29, 1.82) is 0 Å². The van der Waals surface area contributed by atoms with Crippen molar-refractivity contribution < 1.29 is 14.7 Å². The first-order valence-corrected chi connectivity index (χ1v) is 6.29. The third-order valence-corrected chi connectivity index (χ3v) is 2.77. The summed E-state index contributed by atoms with van der Waals surface area (Å²) >= 11 is 0. The van der Waals surface area contributed by atoms with Crippen LogP contribution in [0.3, 0.4) is 0 Å². The molecular formula is C15H20N2O3. The number of para-hydroxylation sites is 1. The molecule has 2 amide bonds. The largest absolute Gasteiger partial charge is 0.478 e. The maximum Gasteiger partial charge on any atom is 0.337 e. The molecule has 20 heavy (non-hydrogen) atoms. The average Bonchev–Trinajstić information content (AvgIpc) is 2.34. The van der Waals surface area contributed by atoms with Crippen LogP contribution in [0.1, 0.15) is 31.1 Å². The van der Waals surface area contributed by atoms with Crippen LogP contribution in [0, 0.1) is 0 Å². The molecule has 0 aromatic heterocycles. The van der Waals surface area contributed by atoms with E-state index in [9.17, 15) is 9.59 Å². The molecule has 0 unspecified atom stereocenters. The third-order valence-electron chi connectivity index (χ3n) is 2.77. The summed E-state index contributed by atoms with van der Waals surface area (Å²) in [5.41, 5.74) is -0.0483. The van der Waals surface area contributed by atoms with Crippen molar-refractivity contribution in [2.75, 3.05) is 11.9 Å². The van der Waals surface area contributed by atoms with Crippen molar-refractivity contribution in [3.05, 3.63) is 42.5 Å². The number of hydrogen-bond donors (Lipinski definition) is 2. The van der Waals surface area contributed by atoms with Crippen molar-refractivity contribution in [2.24, 2.45) is 0 Å². The highest BCUT2D eigenvalue weighted by atomic mass is 16.4. The Kier molecular flexibility index (Phi) is 4.91. The summed E-state index contributed by atoms with van der Waals surface area (Å²) in [4.78, 5) is 25.0. The van der Waals surface area contributed by atoms with Gasteiger partial charge < -0.3 is 15.3 Å². The van der Waals surface area contributed by atoms with E-state index >= 15 is 0 Å². The molecule has 1 aromatic carbocycles. The Morgan fingerprint density at radius 1 is 1.35 bits per heavy atom. The van der Waals surface area contributed by atoms with Crippen molar-refractivity contribution in [3.8, 4) is 0 Å². The lowest BCUT2D eigenvalue weighted by molar-refractivity contribution is 0.0698. The molecule has 1 aromatic rings. The fourth-order valence-corrected chi connectivity index (χ4v) is 1.75. The Morgan fingerprint density at radius 2 is 1.95 bits per heavy atom. The standard InChI is InChI=1S/C15H20N2O3/c1-5-10-17(15(2,3)4)14(20)16-12-9-7-6-8-11(12)13(18)19/h5-9H,1,10H2,2-4H3,(H,16,20)(H,18,19). The van der Waals surface area contributed by atoms with Crippen LogP contribution >= 0.6 is 0 Å². The minimum absolute atomic E-state index is 0.0633. The zero-order valence-corrected chi connectivity index (χ0v) is 12.0. The molecule has 5 nitrogen and oxygen atoms in total. The van der Waals surface area contributed by atoms with Gasteiger partial charge in [0.05, 0.1) is 11.3 Å². The first-order valence-electron chi connectivity index (χ1n) is 6.29.